The first-order valence-electron chi connectivity index (χ1n) is 3.62. The first-order chi connectivity index (χ1) is 4.29. The van der Waals surface area contributed by atoms with Crippen LogP contribution in [0, 0.1) is 5.92 Å². The van der Waals surface area contributed by atoms with Crippen molar-refractivity contribution in [2.75, 3.05) is 11.5 Å². The Labute approximate surface area is 61.4 Å². The zero-order valence-corrected chi connectivity index (χ0v) is 6.79. The Balaban J connectivity index is 1.81. The van der Waals surface area contributed by atoms with E-state index in [1.807, 2.05) is 11.8 Å². The lowest BCUT2D eigenvalue weighted by Gasteiger charge is -2.02. The van der Waals surface area contributed by atoms with Crippen LogP contribution in [-0.2, 0) is 0 Å². The van der Waals surface area contributed by atoms with Gasteiger partial charge in [-0.3, -0.25) is 0 Å². The van der Waals surface area contributed by atoms with Gasteiger partial charge in [-0.1, -0.05) is 0 Å². The molecule has 0 radical (unpaired) electrons. The molecular formula is C7H15NS. The zero-order valence-electron chi connectivity index (χ0n) is 5.97. The van der Waals surface area contributed by atoms with Gasteiger partial charge in [-0.2, -0.15) is 11.8 Å². The van der Waals surface area contributed by atoms with Crippen molar-refractivity contribution < 1.29 is 0 Å². The van der Waals surface area contributed by atoms with Gasteiger partial charge in [-0.15, -0.1) is 0 Å². The molecule has 9 heavy (non-hydrogen) atoms. The first kappa shape index (κ1) is 7.42. The number of hydrogen-bond acceptors (Lipinski definition) is 2. The van der Waals surface area contributed by atoms with E-state index >= 15 is 0 Å². The predicted molar refractivity (Wildman–Crippen MR) is 43.7 cm³/mol. The summed E-state index contributed by atoms with van der Waals surface area (Å²) in [6.45, 7) is 2.07. The summed E-state index contributed by atoms with van der Waals surface area (Å²) in [6.07, 6.45) is 2.93. The molecule has 2 N–H and O–H groups in total. The van der Waals surface area contributed by atoms with E-state index in [0.29, 0.717) is 6.04 Å². The second-order valence-corrected chi connectivity index (χ2v) is 4.03. The Morgan fingerprint density at radius 3 is 2.78 bits per heavy atom. The fourth-order valence-corrected chi connectivity index (χ4v) is 1.88. The molecule has 0 spiro atoms. The van der Waals surface area contributed by atoms with Crippen molar-refractivity contribution >= 4 is 11.8 Å². The summed E-state index contributed by atoms with van der Waals surface area (Å²) >= 11 is 2.01. The fraction of sp³-hybridized carbons (Fsp3) is 1.00. The summed E-state index contributed by atoms with van der Waals surface area (Å²) in [5.41, 5.74) is 5.58. The van der Waals surface area contributed by atoms with E-state index in [9.17, 15) is 0 Å². The van der Waals surface area contributed by atoms with Gasteiger partial charge >= 0.3 is 0 Å². The van der Waals surface area contributed by atoms with Crippen molar-refractivity contribution in [1.82, 2.24) is 0 Å². The van der Waals surface area contributed by atoms with Gasteiger partial charge < -0.3 is 5.73 Å². The number of nitrogens with two attached hydrogens (primary N) is 1. The van der Waals surface area contributed by atoms with Crippen molar-refractivity contribution in [3.05, 3.63) is 0 Å². The molecule has 0 heterocycles. The molecule has 0 aromatic carbocycles. The van der Waals surface area contributed by atoms with Crippen LogP contribution in [0.4, 0.5) is 0 Å². The molecule has 2 heteroatoms. The summed E-state index contributed by atoms with van der Waals surface area (Å²) in [5.74, 6) is 3.53. The molecule has 1 saturated carbocycles. The number of hydrogen-bond donors (Lipinski definition) is 1. The number of rotatable bonds is 4. The monoisotopic (exact) mass is 145 g/mol. The highest BCUT2D eigenvalue weighted by Crippen LogP contribution is 2.32. The highest BCUT2D eigenvalue weighted by atomic mass is 32.2. The van der Waals surface area contributed by atoms with Crippen LogP contribution in [-0.4, -0.2) is 17.5 Å². The predicted octanol–water partition coefficient (Wildman–Crippen LogP) is 1.48. The van der Waals surface area contributed by atoms with Crippen LogP contribution >= 0.6 is 11.8 Å². The van der Waals surface area contributed by atoms with E-state index in [-0.39, 0.29) is 0 Å². The van der Waals surface area contributed by atoms with Gasteiger partial charge in [0.15, 0.2) is 0 Å². The molecule has 0 aromatic rings. The summed E-state index contributed by atoms with van der Waals surface area (Å²) in [6, 6.07) is 0.383. The zero-order chi connectivity index (χ0) is 6.69. The third-order valence-corrected chi connectivity index (χ3v) is 2.90. The molecule has 1 fully saturated rings. The Bertz CT molecular complexity index is 77.0. The molecule has 1 aliphatic carbocycles. The van der Waals surface area contributed by atoms with Crippen molar-refractivity contribution in [1.29, 1.82) is 0 Å². The van der Waals surface area contributed by atoms with Gasteiger partial charge in [0.2, 0.25) is 0 Å². The van der Waals surface area contributed by atoms with Crippen LogP contribution in [0.1, 0.15) is 19.8 Å². The highest BCUT2D eigenvalue weighted by Gasteiger charge is 2.20. The average Bonchev–Trinajstić information content (AvgIpc) is 2.48. The summed E-state index contributed by atoms with van der Waals surface area (Å²) in [7, 11) is 0. The quantitative estimate of drug-likeness (QED) is 0.648. The van der Waals surface area contributed by atoms with Crippen LogP contribution in [0.2, 0.25) is 0 Å². The lowest BCUT2D eigenvalue weighted by atomic mass is 10.4. The van der Waals surface area contributed by atoms with Crippen molar-refractivity contribution in [2.45, 2.75) is 25.8 Å². The van der Waals surface area contributed by atoms with Gasteiger partial charge in [-0.25, -0.2) is 0 Å². The lowest BCUT2D eigenvalue weighted by Crippen LogP contribution is -2.17. The van der Waals surface area contributed by atoms with Crippen molar-refractivity contribution in [3.63, 3.8) is 0 Å². The van der Waals surface area contributed by atoms with Gasteiger partial charge in [0.05, 0.1) is 0 Å². The van der Waals surface area contributed by atoms with E-state index in [4.69, 9.17) is 5.73 Å². The van der Waals surface area contributed by atoms with E-state index in [1.54, 1.807) is 0 Å². The van der Waals surface area contributed by atoms with Crippen molar-refractivity contribution in [3.8, 4) is 0 Å². The Morgan fingerprint density at radius 1 is 1.67 bits per heavy atom. The molecule has 0 unspecified atom stereocenters. The van der Waals surface area contributed by atoms with Crippen LogP contribution < -0.4 is 5.73 Å². The van der Waals surface area contributed by atoms with Crippen molar-refractivity contribution in [2.24, 2.45) is 11.7 Å². The molecule has 1 rings (SSSR count). The van der Waals surface area contributed by atoms with Crippen LogP contribution in [0.25, 0.3) is 0 Å². The SMILES string of the molecule is C[C@@H](N)CSCC1CC1. The second kappa shape index (κ2) is 3.47. The highest BCUT2D eigenvalue weighted by molar-refractivity contribution is 7.99. The normalized spacial score (nSPS) is 22.0. The third-order valence-electron chi connectivity index (χ3n) is 1.43. The molecule has 1 nitrogen and oxygen atoms in total. The van der Waals surface area contributed by atoms with Gasteiger partial charge in [0.1, 0.15) is 0 Å². The van der Waals surface area contributed by atoms with Gasteiger partial charge in [0, 0.05) is 11.8 Å². The van der Waals surface area contributed by atoms with Crippen LogP contribution in [0.15, 0.2) is 0 Å². The molecule has 0 bridgehead atoms. The minimum atomic E-state index is 0.383. The van der Waals surface area contributed by atoms with E-state index in [0.717, 1.165) is 11.7 Å². The molecule has 0 amide bonds. The van der Waals surface area contributed by atoms with Crippen LogP contribution in [0.5, 0.6) is 0 Å². The standard InChI is InChI=1S/C7H15NS/c1-6(8)4-9-5-7-2-3-7/h6-7H,2-5,8H2,1H3/t6-/m1/s1. The molecule has 54 valence electrons. The maximum absolute atomic E-state index is 5.58. The Kier molecular flexibility index (Phi) is 2.86. The Morgan fingerprint density at radius 2 is 2.33 bits per heavy atom. The number of thioether (sulfide) groups is 1. The van der Waals surface area contributed by atoms with Crippen LogP contribution in [0.3, 0.4) is 0 Å². The summed E-state index contributed by atoms with van der Waals surface area (Å²) in [5, 5.41) is 0. The lowest BCUT2D eigenvalue weighted by molar-refractivity contribution is 0.844. The molecule has 1 aliphatic rings. The summed E-state index contributed by atoms with van der Waals surface area (Å²) < 4.78 is 0. The minimum Gasteiger partial charge on any atom is -0.327 e. The van der Waals surface area contributed by atoms with E-state index in [1.165, 1.54) is 18.6 Å². The van der Waals surface area contributed by atoms with Gasteiger partial charge in [-0.05, 0) is 31.4 Å². The Hall–Kier alpha value is 0.310. The molecule has 0 aliphatic heterocycles. The molecule has 0 aromatic heterocycles. The molecular weight excluding hydrogens is 130 g/mol. The van der Waals surface area contributed by atoms with E-state index in [2.05, 4.69) is 6.92 Å². The minimum absolute atomic E-state index is 0.383. The van der Waals surface area contributed by atoms with Gasteiger partial charge in [0.25, 0.3) is 0 Å². The maximum atomic E-state index is 5.58. The largest absolute Gasteiger partial charge is 0.327 e. The fourth-order valence-electron chi connectivity index (χ4n) is 0.705. The second-order valence-electron chi connectivity index (χ2n) is 2.96. The summed E-state index contributed by atoms with van der Waals surface area (Å²) in [4.78, 5) is 0. The molecule has 1 atom stereocenters. The third kappa shape index (κ3) is 3.82. The van der Waals surface area contributed by atoms with E-state index < -0.39 is 0 Å². The topological polar surface area (TPSA) is 26.0 Å². The maximum Gasteiger partial charge on any atom is 0.0101 e. The first-order valence-corrected chi connectivity index (χ1v) is 4.78. The average molecular weight is 145 g/mol. The molecule has 0 saturated heterocycles. The smallest absolute Gasteiger partial charge is 0.0101 e.